The third kappa shape index (κ3) is 18.8. The minimum absolute atomic E-state index is 0.0179. The molecule has 4 heterocycles. The highest BCUT2D eigenvalue weighted by Gasteiger charge is 2.39. The molecule has 0 aliphatic carbocycles. The first kappa shape index (κ1) is 66.2. The number of nitrogens with two attached hydrogens (primary N) is 1. The number of para-hydroxylation sites is 1. The van der Waals surface area contributed by atoms with Crippen molar-refractivity contribution in [2.45, 2.75) is 161 Å². The van der Waals surface area contributed by atoms with Crippen molar-refractivity contribution in [2.75, 3.05) is 13.1 Å². The minimum Gasteiger partial charge on any atom is -0.480 e. The van der Waals surface area contributed by atoms with Gasteiger partial charge in [-0.05, 0) is 61.1 Å². The Hall–Kier alpha value is -8.94. The van der Waals surface area contributed by atoms with E-state index in [4.69, 9.17) is 5.73 Å². The first-order valence-electron chi connectivity index (χ1n) is 29.3. The Morgan fingerprint density at radius 3 is 1.83 bits per heavy atom. The fraction of sp³-hybridized carbons (Fsp3) is 0.500. The molecular formula is C60H83N15O11. The molecule has 1 aliphatic rings. The van der Waals surface area contributed by atoms with Gasteiger partial charge in [0.1, 0.15) is 48.3 Å². The second-order valence-electron chi connectivity index (χ2n) is 22.6. The van der Waals surface area contributed by atoms with Crippen LogP contribution >= 0.6 is 0 Å². The molecule has 14 N–H and O–H groups in total. The average Bonchev–Trinajstić information content (AvgIpc) is 4.52. The number of rotatable bonds is 32. The molecule has 464 valence electrons. The summed E-state index contributed by atoms with van der Waals surface area (Å²) in [6.45, 7) is 11.7. The number of likely N-dealkylation sites (tertiary alicyclic amines) is 1. The molecule has 1 fully saturated rings. The number of nitrogens with zero attached hydrogens (tertiary/aromatic N) is 3. The number of carboxylic acid groups (broad SMARTS) is 1. The van der Waals surface area contributed by atoms with Gasteiger partial charge in [-0.2, -0.15) is 0 Å². The van der Waals surface area contributed by atoms with Crippen molar-refractivity contribution in [2.24, 2.45) is 23.5 Å². The zero-order valence-corrected chi connectivity index (χ0v) is 49.7. The van der Waals surface area contributed by atoms with E-state index in [2.05, 4.69) is 67.5 Å². The highest BCUT2D eigenvalue weighted by molar-refractivity contribution is 5.98. The fourth-order valence-corrected chi connectivity index (χ4v) is 10.1. The van der Waals surface area contributed by atoms with E-state index in [1.165, 1.54) is 36.9 Å². The number of H-pyrrole nitrogens is 3. The molecule has 2 aromatic carbocycles. The molecule has 0 bridgehead atoms. The molecule has 6 rings (SSSR count). The molecule has 86 heavy (non-hydrogen) atoms. The van der Waals surface area contributed by atoms with Crippen molar-refractivity contribution in [3.63, 3.8) is 0 Å². The maximum atomic E-state index is 14.4. The second-order valence-corrected chi connectivity index (χ2v) is 22.6. The van der Waals surface area contributed by atoms with Crippen molar-refractivity contribution in [1.82, 2.24) is 72.4 Å². The number of fused-ring (bicyclic) bond motifs is 1. The molecule has 3 aromatic heterocycles. The summed E-state index contributed by atoms with van der Waals surface area (Å²) in [7, 11) is 0. The summed E-state index contributed by atoms with van der Waals surface area (Å²) in [5.41, 5.74) is 9.45. The van der Waals surface area contributed by atoms with Crippen LogP contribution in [0.3, 0.4) is 0 Å². The molecule has 11 atom stereocenters. The molecule has 9 amide bonds. The van der Waals surface area contributed by atoms with Crippen LogP contribution in [0.5, 0.6) is 0 Å². The predicted octanol–water partition coefficient (Wildman–Crippen LogP) is 0.956. The monoisotopic (exact) mass is 1190 g/mol. The summed E-state index contributed by atoms with van der Waals surface area (Å²) in [4.78, 5) is 157. The molecule has 0 spiro atoms. The topological polar surface area (TPSA) is 390 Å². The molecule has 0 radical (unpaired) electrons. The third-order valence-electron chi connectivity index (χ3n) is 15.5. The predicted molar refractivity (Wildman–Crippen MR) is 318 cm³/mol. The summed E-state index contributed by atoms with van der Waals surface area (Å²) < 4.78 is 0. The molecule has 5 aromatic rings. The lowest BCUT2D eigenvalue weighted by atomic mass is 9.95. The number of nitrogens with one attached hydrogen (secondary N) is 11. The lowest BCUT2D eigenvalue weighted by molar-refractivity contribution is -0.144. The molecular weight excluding hydrogens is 1110 g/mol. The molecule has 26 nitrogen and oxygen atoms in total. The van der Waals surface area contributed by atoms with Gasteiger partial charge in [0.25, 0.3) is 0 Å². The van der Waals surface area contributed by atoms with Gasteiger partial charge >= 0.3 is 5.97 Å². The number of imidazole rings is 2. The first-order valence-corrected chi connectivity index (χ1v) is 29.3. The Labute approximate surface area is 499 Å². The van der Waals surface area contributed by atoms with E-state index in [0.717, 1.165) is 10.9 Å². The summed E-state index contributed by atoms with van der Waals surface area (Å²) in [6.07, 6.45) is 9.30. The molecule has 26 heteroatoms. The Balaban J connectivity index is 1.14. The molecule has 1 aliphatic heterocycles. The lowest BCUT2D eigenvalue weighted by Crippen LogP contribution is -2.60. The van der Waals surface area contributed by atoms with E-state index in [9.17, 15) is 53.1 Å². The number of carboxylic acids is 1. The standard InChI is InChI=1S/C60H83N15O11/c1-8-34(5)50(59(84)74-51(60(85)86)35(6)9-2)73-52(77)36(7)68-55(80)46(24-38-27-64-43-19-14-13-18-41(38)43)72-58(83)48-20-15-21-75(48)49(76)30-65-54(79)45(23-37-16-11-10-12-17-37)71-56(81)44(22-33(3)4)70-57(82)47(26-40-29-63-32-67-40)69-53(78)42(61)25-39-28-62-31-66-39/h10-14,16-19,27-29,31-36,42,44-48,50-51,64H,8-9,15,20-26,30,61H2,1-7H3,(H,62,66)(H,63,67)(H,65,79)(H,68,80)(H,69,78)(H,70,82)(H,71,81)(H,72,83)(H,73,77)(H,74,84)(H,85,86)/t34-,35-,36-,42-,44-,45-,46-,47-,48-,50-,51-/m0/s1. The Kier molecular flexibility index (Phi) is 24.5. The smallest absolute Gasteiger partial charge is 0.326 e. The van der Waals surface area contributed by atoms with Crippen LogP contribution in [0.1, 0.15) is 103 Å². The molecule has 1 saturated heterocycles. The number of carbonyl (C=O) groups is 10. The van der Waals surface area contributed by atoms with Crippen LogP contribution in [0.15, 0.2) is 85.8 Å². The number of amides is 9. The Bertz CT molecular complexity index is 3100. The number of aliphatic carboxylic acids is 1. The minimum atomic E-state index is -1.29. The largest absolute Gasteiger partial charge is 0.480 e. The van der Waals surface area contributed by atoms with E-state index in [1.807, 2.05) is 45.0 Å². The van der Waals surface area contributed by atoms with Crippen molar-refractivity contribution >= 4 is 70.0 Å². The number of aromatic amines is 3. The van der Waals surface area contributed by atoms with Crippen LogP contribution in [-0.4, -0.2) is 162 Å². The van der Waals surface area contributed by atoms with E-state index in [-0.39, 0.29) is 51.0 Å². The quantitative estimate of drug-likeness (QED) is 0.0285. The van der Waals surface area contributed by atoms with Gasteiger partial charge < -0.3 is 73.2 Å². The number of hydrogen-bond acceptors (Lipinski definition) is 13. The van der Waals surface area contributed by atoms with Crippen LogP contribution in [0.25, 0.3) is 10.9 Å². The van der Waals surface area contributed by atoms with Gasteiger partial charge in [-0.1, -0.05) is 103 Å². The number of aromatic nitrogens is 5. The van der Waals surface area contributed by atoms with E-state index >= 15 is 0 Å². The van der Waals surface area contributed by atoms with Gasteiger partial charge in [0.05, 0.1) is 25.2 Å². The van der Waals surface area contributed by atoms with Crippen molar-refractivity contribution in [3.05, 3.63) is 108 Å². The maximum Gasteiger partial charge on any atom is 0.326 e. The highest BCUT2D eigenvalue weighted by atomic mass is 16.4. The second kappa shape index (κ2) is 31.8. The van der Waals surface area contributed by atoms with Crippen molar-refractivity contribution < 1.29 is 53.1 Å². The van der Waals surface area contributed by atoms with Crippen molar-refractivity contribution in [3.8, 4) is 0 Å². The lowest BCUT2D eigenvalue weighted by Gasteiger charge is -2.29. The van der Waals surface area contributed by atoms with Gasteiger partial charge in [0.15, 0.2) is 0 Å². The van der Waals surface area contributed by atoms with E-state index < -0.39 is 132 Å². The van der Waals surface area contributed by atoms with Gasteiger partial charge in [0.2, 0.25) is 53.2 Å². The zero-order chi connectivity index (χ0) is 62.6. The SMILES string of the molecule is CC[C@H](C)[C@H](NC(=O)[C@@H](NC(=O)[C@H](C)NC(=O)[C@H](Cc1c[nH]c2ccccc12)NC(=O)[C@@H]1CCCN1C(=O)CNC(=O)[C@H](Cc1ccccc1)NC(=O)[C@H](CC(C)C)NC(=O)[C@H](Cc1cnc[nH]1)NC(=O)[C@@H](N)Cc1cnc[nH]1)[C@@H](C)CC)C(=O)O. The Morgan fingerprint density at radius 1 is 0.616 bits per heavy atom. The van der Waals surface area contributed by atoms with Crippen LogP contribution in [-0.2, 0) is 73.6 Å². The summed E-state index contributed by atoms with van der Waals surface area (Å²) >= 11 is 0. The number of benzene rings is 2. The highest BCUT2D eigenvalue weighted by Crippen LogP contribution is 2.22. The summed E-state index contributed by atoms with van der Waals surface area (Å²) in [5.74, 6) is -8.41. The molecule has 0 unspecified atom stereocenters. The van der Waals surface area contributed by atoms with Crippen LogP contribution in [0.2, 0.25) is 0 Å². The normalized spacial score (nSPS) is 16.6. The van der Waals surface area contributed by atoms with Crippen molar-refractivity contribution in [1.29, 1.82) is 0 Å². The van der Waals surface area contributed by atoms with Gasteiger partial charge in [-0.15, -0.1) is 0 Å². The van der Waals surface area contributed by atoms with Crippen LogP contribution in [0, 0.1) is 17.8 Å². The summed E-state index contributed by atoms with van der Waals surface area (Å²) in [6, 6.07) is 5.51. The molecule has 0 saturated carbocycles. The average molecular weight is 1190 g/mol. The van der Waals surface area contributed by atoms with Crippen LogP contribution in [0.4, 0.5) is 0 Å². The third-order valence-corrected chi connectivity index (χ3v) is 15.5. The summed E-state index contributed by atoms with van der Waals surface area (Å²) in [5, 5.41) is 32.3. The Morgan fingerprint density at radius 2 is 1.19 bits per heavy atom. The van der Waals surface area contributed by atoms with Crippen LogP contribution < -0.4 is 48.3 Å². The zero-order valence-electron chi connectivity index (χ0n) is 49.7. The number of carbonyl (C=O) groups excluding carboxylic acids is 9. The first-order chi connectivity index (χ1) is 41.1. The van der Waals surface area contributed by atoms with Gasteiger partial charge in [-0.3, -0.25) is 43.2 Å². The van der Waals surface area contributed by atoms with E-state index in [1.54, 1.807) is 57.3 Å². The number of hydrogen-bond donors (Lipinski definition) is 13. The van der Waals surface area contributed by atoms with Gasteiger partial charge in [0, 0.05) is 73.1 Å². The van der Waals surface area contributed by atoms with Gasteiger partial charge in [-0.25, -0.2) is 14.8 Å². The maximum absolute atomic E-state index is 14.4. The van der Waals surface area contributed by atoms with E-state index in [0.29, 0.717) is 41.8 Å². The fourth-order valence-electron chi connectivity index (χ4n) is 10.1.